The molecular formula is C22H28N2O4S. The third-order valence-corrected chi connectivity index (χ3v) is 7.51. The molecule has 1 amide bonds. The molecule has 2 aromatic rings. The van der Waals surface area contributed by atoms with Gasteiger partial charge in [-0.2, -0.15) is 4.31 Å². The number of rotatable bonds is 6. The van der Waals surface area contributed by atoms with Crippen LogP contribution >= 0.6 is 0 Å². The van der Waals surface area contributed by atoms with Gasteiger partial charge in [0.2, 0.25) is 15.9 Å². The van der Waals surface area contributed by atoms with Gasteiger partial charge < -0.3 is 10.1 Å². The van der Waals surface area contributed by atoms with Crippen molar-refractivity contribution in [2.75, 3.05) is 12.4 Å². The topological polar surface area (TPSA) is 75.7 Å². The molecule has 156 valence electrons. The number of methoxy groups -OCH3 is 1. The Hall–Kier alpha value is -2.38. The predicted molar refractivity (Wildman–Crippen MR) is 114 cm³/mol. The molecule has 0 aliphatic carbocycles. The molecule has 0 bridgehead atoms. The van der Waals surface area contributed by atoms with Crippen LogP contribution in [0.1, 0.15) is 38.7 Å². The molecule has 1 heterocycles. The summed E-state index contributed by atoms with van der Waals surface area (Å²) in [5.74, 6) is 0.470. The van der Waals surface area contributed by atoms with E-state index in [1.165, 1.54) is 0 Å². The van der Waals surface area contributed by atoms with E-state index in [2.05, 4.69) is 5.32 Å². The van der Waals surface area contributed by atoms with E-state index < -0.39 is 10.0 Å². The van der Waals surface area contributed by atoms with Gasteiger partial charge in [0.15, 0.2) is 0 Å². The SMILES string of the molecule is COc1ccccc1CC(=O)Nc1ccc(S(=O)(=O)N2[C@H](C)CCC[C@@H]2C)cc1. The van der Waals surface area contributed by atoms with Crippen molar-refractivity contribution in [3.05, 3.63) is 54.1 Å². The number of piperidine rings is 1. The minimum Gasteiger partial charge on any atom is -0.496 e. The smallest absolute Gasteiger partial charge is 0.243 e. The van der Waals surface area contributed by atoms with E-state index in [4.69, 9.17) is 4.74 Å². The van der Waals surface area contributed by atoms with Crippen LogP contribution in [0.2, 0.25) is 0 Å². The predicted octanol–water partition coefficient (Wildman–Crippen LogP) is 3.83. The first-order valence-corrected chi connectivity index (χ1v) is 11.3. The summed E-state index contributed by atoms with van der Waals surface area (Å²) in [6.45, 7) is 3.92. The summed E-state index contributed by atoms with van der Waals surface area (Å²) in [7, 11) is -1.99. The normalized spacial score (nSPS) is 20.2. The lowest BCUT2D eigenvalue weighted by Crippen LogP contribution is -2.47. The van der Waals surface area contributed by atoms with Crippen molar-refractivity contribution in [1.82, 2.24) is 4.31 Å². The Kier molecular flexibility index (Phi) is 6.59. The number of nitrogens with zero attached hydrogens (tertiary/aromatic N) is 1. The van der Waals surface area contributed by atoms with Crippen molar-refractivity contribution in [3.8, 4) is 5.75 Å². The number of hydrogen-bond donors (Lipinski definition) is 1. The summed E-state index contributed by atoms with van der Waals surface area (Å²) in [6, 6.07) is 13.7. The van der Waals surface area contributed by atoms with Crippen LogP contribution < -0.4 is 10.1 Å². The Balaban J connectivity index is 1.70. The number of ether oxygens (including phenoxy) is 1. The molecule has 3 rings (SSSR count). The highest BCUT2D eigenvalue weighted by Crippen LogP contribution is 2.30. The molecule has 0 saturated carbocycles. The standard InChI is InChI=1S/C22H28N2O4S/c1-16-7-6-8-17(2)24(16)29(26,27)20-13-11-19(12-14-20)23-22(25)15-18-9-4-5-10-21(18)28-3/h4-5,9-14,16-17H,6-8,15H2,1-3H3,(H,23,25)/t16-,17+. The van der Waals surface area contributed by atoms with Gasteiger partial charge in [0.25, 0.3) is 0 Å². The van der Waals surface area contributed by atoms with Crippen LogP contribution in [0, 0.1) is 0 Å². The maximum atomic E-state index is 13.1. The van der Waals surface area contributed by atoms with E-state index in [1.807, 2.05) is 38.1 Å². The quantitative estimate of drug-likeness (QED) is 0.777. The molecule has 2 aromatic carbocycles. The van der Waals surface area contributed by atoms with E-state index in [0.29, 0.717) is 11.4 Å². The molecule has 0 radical (unpaired) electrons. The lowest BCUT2D eigenvalue weighted by Gasteiger charge is -2.37. The van der Waals surface area contributed by atoms with Gasteiger partial charge in [-0.15, -0.1) is 0 Å². The second-order valence-electron chi connectivity index (χ2n) is 7.53. The highest BCUT2D eigenvalue weighted by molar-refractivity contribution is 7.89. The number of nitrogens with one attached hydrogen (secondary N) is 1. The van der Waals surface area contributed by atoms with Gasteiger partial charge in [0.05, 0.1) is 18.4 Å². The molecular weight excluding hydrogens is 388 g/mol. The summed E-state index contributed by atoms with van der Waals surface area (Å²) >= 11 is 0. The maximum absolute atomic E-state index is 13.1. The molecule has 7 heteroatoms. The van der Waals surface area contributed by atoms with Crippen LogP contribution in [0.3, 0.4) is 0 Å². The van der Waals surface area contributed by atoms with Gasteiger partial charge in [0, 0.05) is 23.3 Å². The lowest BCUT2D eigenvalue weighted by molar-refractivity contribution is -0.115. The fourth-order valence-electron chi connectivity index (χ4n) is 3.93. The molecule has 6 nitrogen and oxygen atoms in total. The number of amides is 1. The Morgan fingerprint density at radius 1 is 1.07 bits per heavy atom. The van der Waals surface area contributed by atoms with E-state index >= 15 is 0 Å². The number of para-hydroxylation sites is 1. The summed E-state index contributed by atoms with van der Waals surface area (Å²) in [4.78, 5) is 12.6. The van der Waals surface area contributed by atoms with Crippen LogP contribution in [0.25, 0.3) is 0 Å². The monoisotopic (exact) mass is 416 g/mol. The first-order chi connectivity index (χ1) is 13.8. The molecule has 0 aromatic heterocycles. The zero-order valence-corrected chi connectivity index (χ0v) is 17.9. The van der Waals surface area contributed by atoms with Crippen molar-refractivity contribution in [1.29, 1.82) is 0 Å². The molecule has 0 unspecified atom stereocenters. The Bertz CT molecular complexity index is 947. The summed E-state index contributed by atoms with van der Waals surface area (Å²) in [5, 5.41) is 2.81. The minimum atomic E-state index is -3.56. The number of sulfonamides is 1. The number of anilines is 1. The fourth-order valence-corrected chi connectivity index (χ4v) is 5.81. The van der Waals surface area contributed by atoms with Crippen molar-refractivity contribution in [3.63, 3.8) is 0 Å². The first-order valence-electron chi connectivity index (χ1n) is 9.88. The average molecular weight is 417 g/mol. The van der Waals surface area contributed by atoms with Gasteiger partial charge in [-0.05, 0) is 57.0 Å². The zero-order chi connectivity index (χ0) is 21.0. The van der Waals surface area contributed by atoms with E-state index in [1.54, 1.807) is 35.7 Å². The van der Waals surface area contributed by atoms with Crippen molar-refractivity contribution in [2.45, 2.75) is 56.5 Å². The summed E-state index contributed by atoms with van der Waals surface area (Å²) in [6.07, 6.45) is 2.97. The molecule has 1 aliphatic heterocycles. The van der Waals surface area contributed by atoms with Crippen molar-refractivity contribution < 1.29 is 17.9 Å². The van der Waals surface area contributed by atoms with Crippen LogP contribution in [-0.2, 0) is 21.2 Å². The van der Waals surface area contributed by atoms with E-state index in [0.717, 1.165) is 24.8 Å². The van der Waals surface area contributed by atoms with Gasteiger partial charge in [-0.3, -0.25) is 4.79 Å². The Labute approximate surface area is 172 Å². The van der Waals surface area contributed by atoms with Gasteiger partial charge in [-0.1, -0.05) is 24.6 Å². The minimum absolute atomic E-state index is 0.0102. The Morgan fingerprint density at radius 2 is 1.69 bits per heavy atom. The number of carbonyl (C=O) groups is 1. The van der Waals surface area contributed by atoms with Crippen molar-refractivity contribution in [2.24, 2.45) is 0 Å². The number of carbonyl (C=O) groups excluding carboxylic acids is 1. The summed E-state index contributed by atoms with van der Waals surface area (Å²) in [5.41, 5.74) is 1.35. The third-order valence-electron chi connectivity index (χ3n) is 5.37. The number of hydrogen-bond acceptors (Lipinski definition) is 4. The van der Waals surface area contributed by atoms with E-state index in [-0.39, 0.29) is 29.3 Å². The second-order valence-corrected chi connectivity index (χ2v) is 9.37. The van der Waals surface area contributed by atoms with E-state index in [9.17, 15) is 13.2 Å². The van der Waals surface area contributed by atoms with Crippen LogP contribution in [0.5, 0.6) is 5.75 Å². The number of benzene rings is 2. The highest BCUT2D eigenvalue weighted by atomic mass is 32.2. The van der Waals surface area contributed by atoms with Crippen LogP contribution in [0.4, 0.5) is 5.69 Å². The highest BCUT2D eigenvalue weighted by Gasteiger charge is 2.35. The second kappa shape index (κ2) is 8.97. The molecule has 1 aliphatic rings. The molecule has 1 saturated heterocycles. The van der Waals surface area contributed by atoms with Gasteiger partial charge in [0.1, 0.15) is 5.75 Å². The van der Waals surface area contributed by atoms with Crippen LogP contribution in [-0.4, -0.2) is 37.8 Å². The van der Waals surface area contributed by atoms with Gasteiger partial charge >= 0.3 is 0 Å². The van der Waals surface area contributed by atoms with Gasteiger partial charge in [-0.25, -0.2) is 8.42 Å². The van der Waals surface area contributed by atoms with Crippen molar-refractivity contribution >= 4 is 21.6 Å². The van der Waals surface area contributed by atoms with Crippen LogP contribution in [0.15, 0.2) is 53.4 Å². The Morgan fingerprint density at radius 3 is 2.31 bits per heavy atom. The molecule has 0 spiro atoms. The molecule has 29 heavy (non-hydrogen) atoms. The zero-order valence-electron chi connectivity index (χ0n) is 17.1. The molecule has 1 fully saturated rings. The summed E-state index contributed by atoms with van der Waals surface area (Å²) < 4.78 is 33.0. The lowest BCUT2D eigenvalue weighted by atomic mass is 10.0. The fraction of sp³-hybridized carbons (Fsp3) is 0.409. The maximum Gasteiger partial charge on any atom is 0.243 e. The first kappa shape index (κ1) is 21.3. The average Bonchev–Trinajstić information content (AvgIpc) is 2.68. The molecule has 1 N–H and O–H groups in total. The largest absolute Gasteiger partial charge is 0.496 e. The molecule has 2 atom stereocenters. The third kappa shape index (κ3) is 4.79.